The van der Waals surface area contributed by atoms with Crippen molar-refractivity contribution in [2.24, 2.45) is 5.92 Å². The Bertz CT molecular complexity index is 1240. The van der Waals surface area contributed by atoms with Gasteiger partial charge in [0.25, 0.3) is 16.0 Å². The zero-order chi connectivity index (χ0) is 25.4. The van der Waals surface area contributed by atoms with Gasteiger partial charge in [-0.2, -0.15) is 13.4 Å². The lowest BCUT2D eigenvalue weighted by Gasteiger charge is -2.11. The zero-order valence-corrected chi connectivity index (χ0v) is 21.6. The topological polar surface area (TPSA) is 114 Å². The van der Waals surface area contributed by atoms with Gasteiger partial charge in [0.15, 0.2) is 5.82 Å². The summed E-state index contributed by atoms with van der Waals surface area (Å²) < 4.78 is 44.0. The van der Waals surface area contributed by atoms with E-state index >= 15 is 0 Å². The summed E-state index contributed by atoms with van der Waals surface area (Å²) in [6.45, 7) is 3.13. The maximum absolute atomic E-state index is 11.0. The monoisotopic (exact) mass is 515 g/mol. The Morgan fingerprint density at radius 3 is 2.69 bits per heavy atom. The molecule has 1 aliphatic carbocycles. The van der Waals surface area contributed by atoms with Gasteiger partial charge in [0.1, 0.15) is 11.3 Å². The average Bonchev–Trinajstić information content (AvgIpc) is 3.54. The Morgan fingerprint density at radius 1 is 1.08 bits per heavy atom. The van der Waals surface area contributed by atoms with E-state index in [0.29, 0.717) is 55.1 Å². The van der Waals surface area contributed by atoms with Crippen molar-refractivity contribution in [1.29, 1.82) is 0 Å². The van der Waals surface area contributed by atoms with Gasteiger partial charge in [0, 0.05) is 19.0 Å². The number of pyridine rings is 1. The predicted octanol–water partition coefficient (Wildman–Crippen LogP) is 4.54. The lowest BCUT2D eigenvalue weighted by atomic mass is 10.1. The molecule has 10 heteroatoms. The third-order valence-electron chi connectivity index (χ3n) is 6.12. The van der Waals surface area contributed by atoms with Crippen LogP contribution in [-0.2, 0) is 27.1 Å². The standard InChI is InChI=1S/C26H33N3O6S/c1-19-17-20(10-12-23(19)32-15-6-16-34-36(2,30)31)11-13-24-28-26(35-29-24)22-9-5-14-27-25(22)33-18-21-7-3-4-8-21/h5,9-10,12,14,17,21H,3-4,6-8,11,13,15-16,18H2,1-2H3. The van der Waals surface area contributed by atoms with Crippen LogP contribution in [0, 0.1) is 12.8 Å². The molecule has 1 aromatic carbocycles. The minimum Gasteiger partial charge on any atom is -0.493 e. The van der Waals surface area contributed by atoms with Gasteiger partial charge in [-0.05, 0) is 61.4 Å². The van der Waals surface area contributed by atoms with Gasteiger partial charge in [0.2, 0.25) is 5.88 Å². The van der Waals surface area contributed by atoms with E-state index in [1.165, 1.54) is 25.7 Å². The number of rotatable bonds is 13. The molecule has 0 saturated heterocycles. The first-order valence-electron chi connectivity index (χ1n) is 12.3. The second kappa shape index (κ2) is 12.3. The third-order valence-corrected chi connectivity index (χ3v) is 6.72. The Hall–Kier alpha value is -2.98. The Balaban J connectivity index is 1.28. The van der Waals surface area contributed by atoms with Gasteiger partial charge in [-0.15, -0.1) is 0 Å². The Kier molecular flexibility index (Phi) is 8.93. The SMILES string of the molecule is Cc1cc(CCc2noc(-c3cccnc3OCC3CCCC3)n2)ccc1OCCCOS(C)(=O)=O. The highest BCUT2D eigenvalue weighted by Crippen LogP contribution is 2.30. The van der Waals surface area contributed by atoms with Crippen molar-refractivity contribution < 1.29 is 26.6 Å². The highest BCUT2D eigenvalue weighted by atomic mass is 32.2. The van der Waals surface area contributed by atoms with Gasteiger partial charge >= 0.3 is 0 Å². The number of hydrogen-bond acceptors (Lipinski definition) is 9. The van der Waals surface area contributed by atoms with E-state index in [4.69, 9.17) is 18.2 Å². The summed E-state index contributed by atoms with van der Waals surface area (Å²) in [7, 11) is -3.42. The summed E-state index contributed by atoms with van der Waals surface area (Å²) in [6.07, 6.45) is 9.57. The van der Waals surface area contributed by atoms with Gasteiger partial charge in [0.05, 0.1) is 26.1 Å². The van der Waals surface area contributed by atoms with Crippen LogP contribution in [0.3, 0.4) is 0 Å². The number of aromatic nitrogens is 3. The molecule has 0 unspecified atom stereocenters. The Morgan fingerprint density at radius 2 is 1.92 bits per heavy atom. The lowest BCUT2D eigenvalue weighted by Crippen LogP contribution is -2.09. The van der Waals surface area contributed by atoms with E-state index < -0.39 is 10.1 Å². The molecule has 1 fully saturated rings. The minimum atomic E-state index is -3.42. The van der Waals surface area contributed by atoms with Crippen molar-refractivity contribution in [1.82, 2.24) is 15.1 Å². The smallest absolute Gasteiger partial charge is 0.264 e. The van der Waals surface area contributed by atoms with E-state index in [1.54, 1.807) is 6.20 Å². The van der Waals surface area contributed by atoms with Gasteiger partial charge in [-0.1, -0.05) is 30.1 Å². The predicted molar refractivity (Wildman–Crippen MR) is 134 cm³/mol. The molecule has 194 valence electrons. The minimum absolute atomic E-state index is 0.107. The molecular formula is C26H33N3O6S. The van der Waals surface area contributed by atoms with Crippen LogP contribution in [-0.4, -0.2) is 49.6 Å². The summed E-state index contributed by atoms with van der Waals surface area (Å²) in [5.41, 5.74) is 2.85. The zero-order valence-electron chi connectivity index (χ0n) is 20.8. The summed E-state index contributed by atoms with van der Waals surface area (Å²) in [4.78, 5) is 8.96. The van der Waals surface area contributed by atoms with Crippen molar-refractivity contribution in [2.75, 3.05) is 26.1 Å². The van der Waals surface area contributed by atoms with E-state index in [2.05, 4.69) is 21.2 Å². The first-order chi connectivity index (χ1) is 17.4. The number of aryl methyl sites for hydroxylation is 3. The fourth-order valence-corrected chi connectivity index (χ4v) is 4.66. The summed E-state index contributed by atoms with van der Waals surface area (Å²) in [5.74, 6) is 2.93. The molecule has 1 aliphatic rings. The maximum atomic E-state index is 11.0. The normalized spacial score (nSPS) is 14.3. The largest absolute Gasteiger partial charge is 0.493 e. The van der Waals surface area contributed by atoms with E-state index in [1.807, 2.05) is 31.2 Å². The van der Waals surface area contributed by atoms with Crippen LogP contribution in [0.2, 0.25) is 0 Å². The highest BCUT2D eigenvalue weighted by Gasteiger charge is 2.19. The van der Waals surface area contributed by atoms with Crippen molar-refractivity contribution in [3.8, 4) is 23.1 Å². The van der Waals surface area contributed by atoms with E-state index in [9.17, 15) is 8.42 Å². The number of nitrogens with zero attached hydrogens (tertiary/aromatic N) is 3. The molecule has 0 radical (unpaired) electrons. The molecule has 1 saturated carbocycles. The van der Waals surface area contributed by atoms with E-state index in [0.717, 1.165) is 29.6 Å². The molecule has 2 aromatic heterocycles. The third kappa shape index (κ3) is 7.76. The molecule has 0 N–H and O–H groups in total. The molecule has 4 rings (SSSR count). The fourth-order valence-electron chi connectivity index (χ4n) is 4.24. The van der Waals surface area contributed by atoms with Crippen LogP contribution in [0.1, 0.15) is 49.1 Å². The lowest BCUT2D eigenvalue weighted by molar-refractivity contribution is 0.244. The number of ether oxygens (including phenoxy) is 2. The first-order valence-corrected chi connectivity index (χ1v) is 14.2. The summed E-state index contributed by atoms with van der Waals surface area (Å²) in [5, 5.41) is 4.15. The van der Waals surface area contributed by atoms with Crippen LogP contribution in [0.5, 0.6) is 11.6 Å². The first kappa shape index (κ1) is 26.1. The van der Waals surface area contributed by atoms with Crippen LogP contribution < -0.4 is 9.47 Å². The van der Waals surface area contributed by atoms with Crippen molar-refractivity contribution >= 4 is 10.1 Å². The van der Waals surface area contributed by atoms with Crippen molar-refractivity contribution in [2.45, 2.75) is 51.9 Å². The molecule has 3 aromatic rings. The number of hydrogen-bond donors (Lipinski definition) is 0. The second-order valence-electron chi connectivity index (χ2n) is 9.16. The molecule has 0 bridgehead atoms. The van der Waals surface area contributed by atoms with Crippen molar-refractivity contribution in [3.63, 3.8) is 0 Å². The van der Waals surface area contributed by atoms with Crippen molar-refractivity contribution in [3.05, 3.63) is 53.5 Å². The molecule has 0 spiro atoms. The second-order valence-corrected chi connectivity index (χ2v) is 10.8. The molecule has 9 nitrogen and oxygen atoms in total. The van der Waals surface area contributed by atoms with Crippen LogP contribution in [0.4, 0.5) is 0 Å². The summed E-state index contributed by atoms with van der Waals surface area (Å²) >= 11 is 0. The average molecular weight is 516 g/mol. The van der Waals surface area contributed by atoms with Gasteiger partial charge in [-0.3, -0.25) is 4.18 Å². The van der Waals surface area contributed by atoms with Crippen LogP contribution >= 0.6 is 0 Å². The van der Waals surface area contributed by atoms with Crippen LogP contribution in [0.25, 0.3) is 11.5 Å². The van der Waals surface area contributed by atoms with E-state index in [-0.39, 0.29) is 6.61 Å². The van der Waals surface area contributed by atoms with Crippen LogP contribution in [0.15, 0.2) is 41.1 Å². The number of benzene rings is 1. The fraction of sp³-hybridized carbons (Fsp3) is 0.500. The molecule has 0 atom stereocenters. The Labute approximate surface area is 212 Å². The van der Waals surface area contributed by atoms with Gasteiger partial charge in [-0.25, -0.2) is 4.98 Å². The molecule has 0 aliphatic heterocycles. The van der Waals surface area contributed by atoms with Gasteiger partial charge < -0.3 is 14.0 Å². The molecule has 0 amide bonds. The molecular weight excluding hydrogens is 482 g/mol. The summed E-state index contributed by atoms with van der Waals surface area (Å²) in [6, 6.07) is 9.73. The maximum Gasteiger partial charge on any atom is 0.264 e. The highest BCUT2D eigenvalue weighted by molar-refractivity contribution is 7.85. The molecule has 36 heavy (non-hydrogen) atoms. The quantitative estimate of drug-likeness (QED) is 0.239. The molecule has 2 heterocycles.